The minimum Gasteiger partial charge on any atom is -0.396 e. The predicted molar refractivity (Wildman–Crippen MR) is 67.9 cm³/mol. The van der Waals surface area contributed by atoms with Crippen molar-refractivity contribution in [1.82, 2.24) is 20.2 Å². The fraction of sp³-hybridized carbons (Fsp3) is 0.417. The summed E-state index contributed by atoms with van der Waals surface area (Å²) in [5, 5.41) is 23.2. The molecule has 1 fully saturated rings. The van der Waals surface area contributed by atoms with E-state index < -0.39 is 0 Å². The number of anilines is 1. The molecule has 1 aliphatic heterocycles. The van der Waals surface area contributed by atoms with Crippen molar-refractivity contribution in [2.24, 2.45) is 5.41 Å². The van der Waals surface area contributed by atoms with E-state index >= 15 is 0 Å². The Hall–Kier alpha value is -2.06. The second kappa shape index (κ2) is 5.14. The van der Waals surface area contributed by atoms with Crippen LogP contribution in [0.3, 0.4) is 0 Å². The molecule has 0 unspecified atom stereocenters. The third-order valence-corrected chi connectivity index (χ3v) is 3.37. The van der Waals surface area contributed by atoms with Crippen molar-refractivity contribution in [3.8, 4) is 5.69 Å². The normalized spacial score (nSPS) is 16.7. The molecular weight excluding hydrogens is 265 g/mol. The molecule has 0 radical (unpaired) electrons. The van der Waals surface area contributed by atoms with Gasteiger partial charge in [0.25, 0.3) is 0 Å². The number of hydrogen-bond acceptors (Lipinski definition) is 6. The van der Waals surface area contributed by atoms with Crippen LogP contribution in [0.15, 0.2) is 24.5 Å². The number of rotatable bonds is 5. The highest BCUT2D eigenvalue weighted by Gasteiger charge is 2.37. The quantitative estimate of drug-likeness (QED) is 0.814. The lowest BCUT2D eigenvalue weighted by Crippen LogP contribution is -2.50. The van der Waals surface area contributed by atoms with E-state index in [2.05, 4.69) is 20.8 Å². The summed E-state index contributed by atoms with van der Waals surface area (Å²) in [5.74, 6) is -0.366. The molecule has 20 heavy (non-hydrogen) atoms. The van der Waals surface area contributed by atoms with Gasteiger partial charge in [0.1, 0.15) is 12.1 Å². The van der Waals surface area contributed by atoms with E-state index in [0.29, 0.717) is 31.1 Å². The number of halogens is 1. The second-order valence-corrected chi connectivity index (χ2v) is 4.92. The van der Waals surface area contributed by atoms with E-state index in [1.165, 1.54) is 17.1 Å². The predicted octanol–water partition coefficient (Wildman–Crippen LogP) is 0.222. The van der Waals surface area contributed by atoms with E-state index in [-0.39, 0.29) is 17.8 Å². The number of nitrogens with zero attached hydrogens (tertiary/aromatic N) is 4. The number of aliphatic hydroxyl groups is 1. The average molecular weight is 279 g/mol. The highest BCUT2D eigenvalue weighted by atomic mass is 19.1. The van der Waals surface area contributed by atoms with Gasteiger partial charge in [0.2, 0.25) is 0 Å². The zero-order valence-electron chi connectivity index (χ0n) is 10.7. The zero-order valence-corrected chi connectivity index (χ0v) is 10.7. The van der Waals surface area contributed by atoms with E-state index in [4.69, 9.17) is 4.74 Å². The van der Waals surface area contributed by atoms with Crippen LogP contribution in [0.25, 0.3) is 5.69 Å². The van der Waals surface area contributed by atoms with Crippen molar-refractivity contribution in [3.05, 3.63) is 30.3 Å². The molecule has 2 aromatic rings. The average Bonchev–Trinajstić information content (AvgIpc) is 2.94. The third-order valence-electron chi connectivity index (χ3n) is 3.37. The number of benzene rings is 1. The Morgan fingerprint density at radius 3 is 2.90 bits per heavy atom. The van der Waals surface area contributed by atoms with Gasteiger partial charge in [0.15, 0.2) is 0 Å². The van der Waals surface area contributed by atoms with Gasteiger partial charge < -0.3 is 15.2 Å². The van der Waals surface area contributed by atoms with Gasteiger partial charge >= 0.3 is 0 Å². The van der Waals surface area contributed by atoms with E-state index in [1.54, 1.807) is 12.1 Å². The van der Waals surface area contributed by atoms with Crippen LogP contribution in [0.2, 0.25) is 0 Å². The molecule has 1 aliphatic rings. The molecule has 0 atom stereocenters. The molecule has 2 N–H and O–H groups in total. The molecular formula is C12H14FN5O2. The van der Waals surface area contributed by atoms with Crippen molar-refractivity contribution in [2.75, 3.05) is 31.7 Å². The topological polar surface area (TPSA) is 85.1 Å². The molecule has 3 rings (SSSR count). The van der Waals surface area contributed by atoms with Crippen LogP contribution in [0.4, 0.5) is 10.1 Å². The lowest BCUT2D eigenvalue weighted by Gasteiger charge is -2.40. The van der Waals surface area contributed by atoms with Crippen LogP contribution in [0.1, 0.15) is 0 Å². The molecule has 7 nitrogen and oxygen atoms in total. The fourth-order valence-corrected chi connectivity index (χ4v) is 1.99. The monoisotopic (exact) mass is 279 g/mol. The Balaban J connectivity index is 1.77. The first-order chi connectivity index (χ1) is 9.72. The summed E-state index contributed by atoms with van der Waals surface area (Å²) in [7, 11) is 0. The van der Waals surface area contributed by atoms with Crippen LogP contribution in [0.5, 0.6) is 0 Å². The molecule has 0 spiro atoms. The summed E-state index contributed by atoms with van der Waals surface area (Å²) < 4.78 is 20.3. The first-order valence-corrected chi connectivity index (χ1v) is 6.18. The summed E-state index contributed by atoms with van der Waals surface area (Å²) >= 11 is 0. The van der Waals surface area contributed by atoms with Gasteiger partial charge in [-0.3, -0.25) is 0 Å². The maximum atomic E-state index is 13.8. The van der Waals surface area contributed by atoms with Crippen LogP contribution < -0.4 is 5.32 Å². The van der Waals surface area contributed by atoms with Gasteiger partial charge in [-0.15, -0.1) is 5.10 Å². The highest BCUT2D eigenvalue weighted by molar-refractivity contribution is 5.52. The highest BCUT2D eigenvalue weighted by Crippen LogP contribution is 2.28. The number of ether oxygens (including phenoxy) is 1. The molecule has 106 valence electrons. The fourth-order valence-electron chi connectivity index (χ4n) is 1.99. The molecule has 0 amide bonds. The maximum absolute atomic E-state index is 13.8. The Morgan fingerprint density at radius 1 is 1.45 bits per heavy atom. The van der Waals surface area contributed by atoms with Crippen molar-refractivity contribution in [3.63, 3.8) is 0 Å². The van der Waals surface area contributed by atoms with Crippen LogP contribution in [-0.2, 0) is 4.74 Å². The molecule has 1 aromatic carbocycles. The third kappa shape index (κ3) is 2.35. The number of aromatic nitrogens is 4. The summed E-state index contributed by atoms with van der Waals surface area (Å²) in [5.41, 5.74) is 0.677. The van der Waals surface area contributed by atoms with Crippen LogP contribution >= 0.6 is 0 Å². The molecule has 0 aliphatic carbocycles. The molecule has 8 heteroatoms. The summed E-state index contributed by atoms with van der Waals surface area (Å²) in [4.78, 5) is 0. The second-order valence-electron chi connectivity index (χ2n) is 4.92. The maximum Gasteiger partial charge on any atom is 0.146 e. The summed E-state index contributed by atoms with van der Waals surface area (Å²) in [6.45, 7) is 1.41. The number of nitrogens with one attached hydrogen (secondary N) is 1. The van der Waals surface area contributed by atoms with Crippen LogP contribution in [0, 0.1) is 11.2 Å². The summed E-state index contributed by atoms with van der Waals surface area (Å²) in [6, 6.07) is 4.56. The number of tetrazole rings is 1. The first-order valence-electron chi connectivity index (χ1n) is 6.18. The first kappa shape index (κ1) is 12.9. The van der Waals surface area contributed by atoms with Gasteiger partial charge in [-0.25, -0.2) is 9.07 Å². The minimum atomic E-state index is -0.366. The number of hydrogen-bond donors (Lipinski definition) is 2. The lowest BCUT2D eigenvalue weighted by atomic mass is 9.87. The Kier molecular flexibility index (Phi) is 3.33. The largest absolute Gasteiger partial charge is 0.396 e. The smallest absolute Gasteiger partial charge is 0.146 e. The van der Waals surface area contributed by atoms with Crippen molar-refractivity contribution in [1.29, 1.82) is 0 Å². The Morgan fingerprint density at radius 2 is 2.30 bits per heavy atom. The van der Waals surface area contributed by atoms with E-state index in [9.17, 15) is 9.50 Å². The minimum absolute atomic E-state index is 0.00824. The molecule has 0 bridgehead atoms. The van der Waals surface area contributed by atoms with Gasteiger partial charge in [-0.2, -0.15) is 0 Å². The Labute approximate surface area is 114 Å². The molecule has 1 aromatic heterocycles. The molecule has 0 saturated carbocycles. The van der Waals surface area contributed by atoms with Gasteiger partial charge in [-0.05, 0) is 28.6 Å². The van der Waals surface area contributed by atoms with Gasteiger partial charge in [0.05, 0.1) is 36.6 Å². The number of aliphatic hydroxyl groups excluding tert-OH is 1. The van der Waals surface area contributed by atoms with E-state index in [1.807, 2.05) is 0 Å². The van der Waals surface area contributed by atoms with Gasteiger partial charge in [0, 0.05) is 6.54 Å². The molecule has 2 heterocycles. The standard InChI is InChI=1S/C12H14FN5O2/c13-10-2-1-9(18-8-15-16-17-18)3-11(10)14-4-12(5-19)6-20-7-12/h1-3,8,14,19H,4-7H2. The SMILES string of the molecule is OCC1(CNc2cc(-n3cnnn3)ccc2F)COC1. The summed E-state index contributed by atoms with van der Waals surface area (Å²) in [6.07, 6.45) is 1.44. The van der Waals surface area contributed by atoms with Crippen molar-refractivity contribution < 1.29 is 14.2 Å². The van der Waals surface area contributed by atoms with Crippen LogP contribution in [-0.4, -0.2) is 51.7 Å². The molecule has 1 saturated heterocycles. The van der Waals surface area contributed by atoms with Crippen molar-refractivity contribution >= 4 is 5.69 Å². The lowest BCUT2D eigenvalue weighted by molar-refractivity contribution is -0.128. The van der Waals surface area contributed by atoms with Crippen molar-refractivity contribution in [2.45, 2.75) is 0 Å². The van der Waals surface area contributed by atoms with Gasteiger partial charge in [-0.1, -0.05) is 0 Å². The Bertz CT molecular complexity index is 580. The van der Waals surface area contributed by atoms with E-state index in [0.717, 1.165) is 0 Å². The zero-order chi connectivity index (χ0) is 14.0.